The summed E-state index contributed by atoms with van der Waals surface area (Å²) in [7, 11) is 5.54. The Morgan fingerprint density at radius 2 is 1.77 bits per heavy atom. The van der Waals surface area contributed by atoms with E-state index in [0.29, 0.717) is 0 Å². The van der Waals surface area contributed by atoms with Crippen molar-refractivity contribution in [1.29, 1.82) is 0 Å². The Morgan fingerprint density at radius 3 is 2.15 bits per heavy atom. The zero-order chi connectivity index (χ0) is 9.84. The first-order valence-electron chi connectivity index (χ1n) is 4.09. The average molecular weight is 200 g/mol. The van der Waals surface area contributed by atoms with E-state index in [-0.39, 0.29) is 5.50 Å². The molecule has 1 aromatic rings. The van der Waals surface area contributed by atoms with Gasteiger partial charge in [0.05, 0.1) is 7.11 Å². The van der Waals surface area contributed by atoms with Gasteiger partial charge in [0.2, 0.25) is 0 Å². The number of hydrogen-bond donors (Lipinski definition) is 0. The molecule has 2 nitrogen and oxygen atoms in total. The van der Waals surface area contributed by atoms with E-state index in [1.54, 1.807) is 7.11 Å². The van der Waals surface area contributed by atoms with Crippen molar-refractivity contribution in [1.82, 2.24) is 4.90 Å². The second-order valence-corrected chi connectivity index (χ2v) is 3.49. The molecule has 0 radical (unpaired) electrons. The fourth-order valence-corrected chi connectivity index (χ4v) is 1.21. The maximum Gasteiger partial charge on any atom is 0.118 e. The van der Waals surface area contributed by atoms with Gasteiger partial charge >= 0.3 is 0 Å². The number of benzene rings is 1. The van der Waals surface area contributed by atoms with E-state index in [1.165, 1.54) is 0 Å². The van der Waals surface area contributed by atoms with Crippen LogP contribution in [-0.2, 0) is 0 Å². The van der Waals surface area contributed by atoms with Gasteiger partial charge in [-0.2, -0.15) is 0 Å². The molecule has 0 amide bonds. The largest absolute Gasteiger partial charge is 0.497 e. The van der Waals surface area contributed by atoms with E-state index >= 15 is 0 Å². The van der Waals surface area contributed by atoms with Gasteiger partial charge in [-0.1, -0.05) is 12.1 Å². The van der Waals surface area contributed by atoms with Crippen LogP contribution in [0.15, 0.2) is 24.3 Å². The average Bonchev–Trinajstić information content (AvgIpc) is 2.17. The summed E-state index contributed by atoms with van der Waals surface area (Å²) in [4.78, 5) is 1.95. The van der Waals surface area contributed by atoms with Crippen LogP contribution in [0, 0.1) is 0 Å². The van der Waals surface area contributed by atoms with Crippen molar-refractivity contribution in [3.05, 3.63) is 29.8 Å². The van der Waals surface area contributed by atoms with Gasteiger partial charge in [-0.25, -0.2) is 0 Å². The molecule has 0 N–H and O–H groups in total. The smallest absolute Gasteiger partial charge is 0.118 e. The van der Waals surface area contributed by atoms with Crippen LogP contribution in [0.1, 0.15) is 11.1 Å². The minimum atomic E-state index is -0.0779. The highest BCUT2D eigenvalue weighted by Crippen LogP contribution is 2.24. The van der Waals surface area contributed by atoms with E-state index in [1.807, 2.05) is 43.3 Å². The minimum Gasteiger partial charge on any atom is -0.497 e. The van der Waals surface area contributed by atoms with Crippen LogP contribution in [0.3, 0.4) is 0 Å². The van der Waals surface area contributed by atoms with Crippen molar-refractivity contribution in [2.24, 2.45) is 0 Å². The fourth-order valence-electron chi connectivity index (χ4n) is 1.06. The quantitative estimate of drug-likeness (QED) is 0.548. The SMILES string of the molecule is COc1ccc(C(Cl)N(C)C)cc1. The summed E-state index contributed by atoms with van der Waals surface area (Å²) < 4.78 is 5.05. The predicted molar refractivity (Wildman–Crippen MR) is 55.3 cm³/mol. The fraction of sp³-hybridized carbons (Fsp3) is 0.400. The second-order valence-electron chi connectivity index (χ2n) is 3.07. The molecule has 13 heavy (non-hydrogen) atoms. The van der Waals surface area contributed by atoms with Crippen LogP contribution < -0.4 is 4.74 Å². The maximum atomic E-state index is 6.12. The van der Waals surface area contributed by atoms with Crippen LogP contribution in [-0.4, -0.2) is 26.1 Å². The molecule has 1 unspecified atom stereocenters. The lowest BCUT2D eigenvalue weighted by atomic mass is 10.2. The Kier molecular flexibility index (Phi) is 3.58. The van der Waals surface area contributed by atoms with Crippen LogP contribution in [0.2, 0.25) is 0 Å². The normalized spacial score (nSPS) is 13.0. The third-order valence-corrected chi connectivity index (χ3v) is 2.49. The number of ether oxygens (including phenoxy) is 1. The van der Waals surface area contributed by atoms with Crippen molar-refractivity contribution in [3.63, 3.8) is 0 Å². The molecule has 1 atom stereocenters. The molecule has 0 bridgehead atoms. The van der Waals surface area contributed by atoms with E-state index in [2.05, 4.69) is 0 Å². The number of rotatable bonds is 3. The third kappa shape index (κ3) is 2.61. The number of nitrogens with zero attached hydrogens (tertiary/aromatic N) is 1. The van der Waals surface area contributed by atoms with Gasteiger partial charge in [-0.05, 0) is 31.8 Å². The van der Waals surface area contributed by atoms with Crippen LogP contribution >= 0.6 is 11.6 Å². The molecule has 0 spiro atoms. The highest BCUT2D eigenvalue weighted by Gasteiger charge is 2.09. The first kappa shape index (κ1) is 10.4. The lowest BCUT2D eigenvalue weighted by Gasteiger charge is -2.17. The van der Waals surface area contributed by atoms with Gasteiger partial charge in [0.25, 0.3) is 0 Å². The summed E-state index contributed by atoms with van der Waals surface area (Å²) >= 11 is 6.12. The molecule has 0 aliphatic heterocycles. The van der Waals surface area contributed by atoms with Gasteiger partial charge in [0, 0.05) is 0 Å². The zero-order valence-electron chi connectivity index (χ0n) is 8.12. The van der Waals surface area contributed by atoms with Crippen molar-refractivity contribution in [3.8, 4) is 5.75 Å². The molecule has 3 heteroatoms. The summed E-state index contributed by atoms with van der Waals surface area (Å²) in [5, 5.41) is 0. The van der Waals surface area contributed by atoms with E-state index in [4.69, 9.17) is 16.3 Å². The number of alkyl halides is 1. The molecule has 0 heterocycles. The molecule has 0 fully saturated rings. The van der Waals surface area contributed by atoms with E-state index in [0.717, 1.165) is 11.3 Å². The molecule has 0 aliphatic rings. The van der Waals surface area contributed by atoms with Gasteiger partial charge in [-0.15, -0.1) is 11.6 Å². The zero-order valence-corrected chi connectivity index (χ0v) is 8.88. The van der Waals surface area contributed by atoms with Crippen LogP contribution in [0.4, 0.5) is 0 Å². The summed E-state index contributed by atoms with van der Waals surface area (Å²) in [5.74, 6) is 0.853. The Morgan fingerprint density at radius 1 is 1.23 bits per heavy atom. The van der Waals surface area contributed by atoms with Crippen molar-refractivity contribution < 1.29 is 4.74 Å². The third-order valence-electron chi connectivity index (χ3n) is 1.84. The monoisotopic (exact) mass is 199 g/mol. The first-order valence-corrected chi connectivity index (χ1v) is 4.53. The number of hydrogen-bond acceptors (Lipinski definition) is 2. The second kappa shape index (κ2) is 4.49. The van der Waals surface area contributed by atoms with Crippen LogP contribution in [0.25, 0.3) is 0 Å². The lowest BCUT2D eigenvalue weighted by molar-refractivity contribution is 0.383. The molecule has 0 saturated heterocycles. The minimum absolute atomic E-state index is 0.0779. The molecule has 0 aliphatic carbocycles. The summed E-state index contributed by atoms with van der Waals surface area (Å²) in [5.41, 5.74) is 0.998. The van der Waals surface area contributed by atoms with Crippen LogP contribution in [0.5, 0.6) is 5.75 Å². The molecule has 0 aromatic heterocycles. The standard InChI is InChI=1S/C10H14ClNO/c1-12(2)10(11)8-4-6-9(13-3)7-5-8/h4-7,10H,1-3H3. The molecule has 1 aromatic carbocycles. The van der Waals surface area contributed by atoms with Crippen molar-refractivity contribution >= 4 is 11.6 Å². The highest BCUT2D eigenvalue weighted by atomic mass is 35.5. The van der Waals surface area contributed by atoms with Gasteiger partial charge in [0.1, 0.15) is 11.3 Å². The maximum absolute atomic E-state index is 6.12. The summed E-state index contributed by atoms with van der Waals surface area (Å²) in [6, 6.07) is 7.76. The van der Waals surface area contributed by atoms with Gasteiger partial charge in [-0.3, -0.25) is 4.90 Å². The van der Waals surface area contributed by atoms with E-state index in [9.17, 15) is 0 Å². The molecule has 1 rings (SSSR count). The van der Waals surface area contributed by atoms with Gasteiger partial charge < -0.3 is 4.74 Å². The Balaban J connectivity index is 2.79. The van der Waals surface area contributed by atoms with Crippen molar-refractivity contribution in [2.75, 3.05) is 21.2 Å². The van der Waals surface area contributed by atoms with E-state index < -0.39 is 0 Å². The predicted octanol–water partition coefficient (Wildman–Crippen LogP) is 2.49. The molecule has 72 valence electrons. The Bertz CT molecular complexity index is 258. The lowest BCUT2D eigenvalue weighted by Crippen LogP contribution is -2.14. The number of methoxy groups -OCH3 is 1. The highest BCUT2D eigenvalue weighted by molar-refractivity contribution is 6.20. The van der Waals surface area contributed by atoms with Gasteiger partial charge in [0.15, 0.2) is 0 Å². The molecule has 0 saturated carbocycles. The molecular formula is C10H14ClNO. The Labute approximate surface area is 84.1 Å². The van der Waals surface area contributed by atoms with Crippen molar-refractivity contribution in [2.45, 2.75) is 5.50 Å². The number of halogens is 1. The topological polar surface area (TPSA) is 12.5 Å². The molecular weight excluding hydrogens is 186 g/mol. The first-order chi connectivity index (χ1) is 6.15. The summed E-state index contributed by atoms with van der Waals surface area (Å²) in [6.45, 7) is 0. The summed E-state index contributed by atoms with van der Waals surface area (Å²) in [6.07, 6.45) is 0. The Hall–Kier alpha value is -0.730.